The first-order chi connectivity index (χ1) is 13.0. The molecule has 0 aliphatic heterocycles. The summed E-state index contributed by atoms with van der Waals surface area (Å²) in [4.78, 5) is 12.6. The fourth-order valence-corrected chi connectivity index (χ4v) is 5.50. The van der Waals surface area contributed by atoms with E-state index in [0.717, 1.165) is 10.4 Å². The first-order valence-corrected chi connectivity index (χ1v) is 11.1. The Labute approximate surface area is 165 Å². The number of methoxy groups -OCH3 is 2. The largest absolute Gasteiger partial charge is 0.495 e. The highest BCUT2D eigenvalue weighted by molar-refractivity contribution is 7.89. The van der Waals surface area contributed by atoms with Crippen LogP contribution in [0.15, 0.2) is 57.4 Å². The van der Waals surface area contributed by atoms with Gasteiger partial charge in [0.2, 0.25) is 10.0 Å². The number of hydrogen-bond donors (Lipinski definition) is 1. The zero-order valence-corrected chi connectivity index (χ0v) is 17.0. The summed E-state index contributed by atoms with van der Waals surface area (Å²) in [6, 6.07) is 9.23. The lowest BCUT2D eigenvalue weighted by Gasteiger charge is -2.18. The first kappa shape index (κ1) is 19.6. The van der Waals surface area contributed by atoms with Gasteiger partial charge in [0.15, 0.2) is 0 Å². The third-order valence-corrected chi connectivity index (χ3v) is 6.93. The van der Waals surface area contributed by atoms with Crippen molar-refractivity contribution in [1.82, 2.24) is 4.72 Å². The van der Waals surface area contributed by atoms with Crippen molar-refractivity contribution in [2.24, 2.45) is 0 Å². The van der Waals surface area contributed by atoms with E-state index >= 15 is 0 Å². The SMILES string of the molecule is COC(=O)c1ccc(OC)c(S(=O)(=O)NC(c2ccsc2)c2cccs2)c1. The molecule has 1 atom stereocenters. The van der Waals surface area contributed by atoms with Gasteiger partial charge in [-0.15, -0.1) is 11.3 Å². The van der Waals surface area contributed by atoms with Crippen LogP contribution in [0.1, 0.15) is 26.8 Å². The van der Waals surface area contributed by atoms with E-state index < -0.39 is 22.0 Å². The smallest absolute Gasteiger partial charge is 0.337 e. The van der Waals surface area contributed by atoms with E-state index in [1.807, 2.05) is 34.3 Å². The van der Waals surface area contributed by atoms with E-state index in [-0.39, 0.29) is 16.2 Å². The van der Waals surface area contributed by atoms with Crippen LogP contribution in [0.4, 0.5) is 0 Å². The van der Waals surface area contributed by atoms with E-state index in [4.69, 9.17) is 4.74 Å². The van der Waals surface area contributed by atoms with Crippen molar-refractivity contribution in [3.05, 3.63) is 68.5 Å². The van der Waals surface area contributed by atoms with Gasteiger partial charge in [-0.05, 0) is 52.0 Å². The molecule has 1 N–H and O–H groups in total. The summed E-state index contributed by atoms with van der Waals surface area (Å²) < 4.78 is 38.9. The van der Waals surface area contributed by atoms with Crippen molar-refractivity contribution < 1.29 is 22.7 Å². The molecule has 1 aromatic carbocycles. The Kier molecular flexibility index (Phi) is 5.95. The van der Waals surface area contributed by atoms with Crippen molar-refractivity contribution in [3.8, 4) is 5.75 Å². The molecule has 142 valence electrons. The van der Waals surface area contributed by atoms with Gasteiger partial charge in [-0.3, -0.25) is 0 Å². The molecular weight excluding hydrogens is 406 g/mol. The summed E-state index contributed by atoms with van der Waals surface area (Å²) in [6.07, 6.45) is 0. The highest BCUT2D eigenvalue weighted by Crippen LogP contribution is 2.32. The molecule has 2 heterocycles. The number of carbonyl (C=O) groups is 1. The van der Waals surface area contributed by atoms with E-state index in [1.54, 1.807) is 0 Å². The molecule has 0 aliphatic rings. The number of nitrogens with one attached hydrogen (secondary N) is 1. The van der Waals surface area contributed by atoms with Crippen LogP contribution in [0, 0.1) is 0 Å². The molecule has 0 aliphatic carbocycles. The molecule has 0 spiro atoms. The average molecular weight is 424 g/mol. The summed E-state index contributed by atoms with van der Waals surface area (Å²) in [5, 5.41) is 5.68. The molecule has 0 saturated carbocycles. The van der Waals surface area contributed by atoms with Gasteiger partial charge >= 0.3 is 5.97 Å². The number of hydrogen-bond acceptors (Lipinski definition) is 7. The van der Waals surface area contributed by atoms with Gasteiger partial charge in [-0.2, -0.15) is 16.1 Å². The van der Waals surface area contributed by atoms with E-state index in [9.17, 15) is 13.2 Å². The highest BCUT2D eigenvalue weighted by Gasteiger charge is 2.27. The third-order valence-electron chi connectivity index (χ3n) is 3.85. The Hall–Kier alpha value is -2.20. The number of benzene rings is 1. The highest BCUT2D eigenvalue weighted by atomic mass is 32.2. The Morgan fingerprint density at radius 2 is 1.96 bits per heavy atom. The van der Waals surface area contributed by atoms with Gasteiger partial charge in [0.1, 0.15) is 10.6 Å². The maximum absolute atomic E-state index is 13.1. The molecule has 0 saturated heterocycles. The summed E-state index contributed by atoms with van der Waals surface area (Å²) in [6.45, 7) is 0. The number of carbonyl (C=O) groups excluding carboxylic acids is 1. The predicted octanol–water partition coefficient (Wildman–Crippen LogP) is 3.67. The maximum Gasteiger partial charge on any atom is 0.337 e. The molecule has 0 bridgehead atoms. The molecule has 0 amide bonds. The van der Waals surface area contributed by atoms with E-state index in [1.165, 1.54) is 55.1 Å². The molecule has 3 aromatic rings. The molecule has 1 unspecified atom stereocenters. The fourth-order valence-electron chi connectivity index (χ4n) is 2.54. The zero-order chi connectivity index (χ0) is 19.4. The van der Waals surface area contributed by atoms with Gasteiger partial charge in [0.25, 0.3) is 0 Å². The lowest BCUT2D eigenvalue weighted by molar-refractivity contribution is 0.0600. The lowest BCUT2D eigenvalue weighted by atomic mass is 10.1. The summed E-state index contributed by atoms with van der Waals surface area (Å²) >= 11 is 2.95. The topological polar surface area (TPSA) is 81.7 Å². The molecule has 2 aromatic heterocycles. The van der Waals surface area contributed by atoms with Gasteiger partial charge in [0.05, 0.1) is 25.8 Å². The lowest BCUT2D eigenvalue weighted by Crippen LogP contribution is -2.29. The van der Waals surface area contributed by atoms with Crippen LogP contribution < -0.4 is 9.46 Å². The molecule has 3 rings (SSSR count). The second-order valence-electron chi connectivity index (χ2n) is 5.48. The van der Waals surface area contributed by atoms with Crippen molar-refractivity contribution in [2.75, 3.05) is 14.2 Å². The van der Waals surface area contributed by atoms with Crippen molar-refractivity contribution >= 4 is 38.7 Å². The van der Waals surface area contributed by atoms with Crippen LogP contribution >= 0.6 is 22.7 Å². The summed E-state index contributed by atoms with van der Waals surface area (Å²) in [5.74, 6) is -0.479. The fraction of sp³-hybridized carbons (Fsp3) is 0.167. The van der Waals surface area contributed by atoms with Crippen LogP contribution in [-0.2, 0) is 14.8 Å². The van der Waals surface area contributed by atoms with Crippen LogP contribution in [0.2, 0.25) is 0 Å². The van der Waals surface area contributed by atoms with E-state index in [0.29, 0.717) is 0 Å². The minimum Gasteiger partial charge on any atom is -0.495 e. The minimum atomic E-state index is -3.99. The predicted molar refractivity (Wildman–Crippen MR) is 105 cm³/mol. The number of esters is 1. The molecule has 27 heavy (non-hydrogen) atoms. The van der Waals surface area contributed by atoms with Crippen LogP contribution in [0.5, 0.6) is 5.75 Å². The number of ether oxygens (including phenoxy) is 2. The monoisotopic (exact) mass is 423 g/mol. The van der Waals surface area contributed by atoms with Gasteiger partial charge in [-0.25, -0.2) is 13.2 Å². The van der Waals surface area contributed by atoms with Crippen LogP contribution in [-0.4, -0.2) is 28.6 Å². The van der Waals surface area contributed by atoms with Gasteiger partial charge in [-0.1, -0.05) is 6.07 Å². The third kappa shape index (κ3) is 4.22. The molecular formula is C18H17NO5S3. The van der Waals surface area contributed by atoms with Crippen molar-refractivity contribution in [2.45, 2.75) is 10.9 Å². The Balaban J connectivity index is 2.04. The number of sulfonamides is 1. The maximum atomic E-state index is 13.1. The minimum absolute atomic E-state index is 0.121. The second-order valence-corrected chi connectivity index (χ2v) is 8.93. The second kappa shape index (κ2) is 8.22. The Bertz CT molecular complexity index is 977. The van der Waals surface area contributed by atoms with Crippen molar-refractivity contribution in [3.63, 3.8) is 0 Å². The molecule has 0 radical (unpaired) electrons. The zero-order valence-electron chi connectivity index (χ0n) is 14.5. The summed E-state index contributed by atoms with van der Waals surface area (Å²) in [7, 11) is -1.37. The number of thiophene rings is 2. The standard InChI is InChI=1S/C18H17NO5S3/c1-23-14-6-5-12(18(20)24-2)10-16(14)27(21,22)19-17(13-7-9-25-11-13)15-4-3-8-26-15/h3-11,17,19H,1-2H3. The number of rotatable bonds is 7. The van der Waals surface area contributed by atoms with Crippen molar-refractivity contribution in [1.29, 1.82) is 0 Å². The van der Waals surface area contributed by atoms with Crippen LogP contribution in [0.25, 0.3) is 0 Å². The molecule has 6 nitrogen and oxygen atoms in total. The van der Waals surface area contributed by atoms with E-state index in [2.05, 4.69) is 9.46 Å². The quantitative estimate of drug-likeness (QED) is 0.587. The average Bonchev–Trinajstić information content (AvgIpc) is 3.39. The van der Waals surface area contributed by atoms with Gasteiger partial charge < -0.3 is 9.47 Å². The molecule has 9 heteroatoms. The first-order valence-electron chi connectivity index (χ1n) is 7.80. The van der Waals surface area contributed by atoms with Crippen LogP contribution in [0.3, 0.4) is 0 Å². The Morgan fingerprint density at radius 3 is 2.56 bits per heavy atom. The Morgan fingerprint density at radius 1 is 1.15 bits per heavy atom. The normalized spacial score (nSPS) is 12.5. The summed E-state index contributed by atoms with van der Waals surface area (Å²) in [5.41, 5.74) is 0.969. The van der Waals surface area contributed by atoms with Gasteiger partial charge in [0, 0.05) is 4.88 Å². The molecule has 0 fully saturated rings.